The van der Waals surface area contributed by atoms with Gasteiger partial charge in [-0.05, 0) is 18.2 Å². The van der Waals surface area contributed by atoms with Gasteiger partial charge in [-0.1, -0.05) is 5.16 Å². The summed E-state index contributed by atoms with van der Waals surface area (Å²) in [6, 6.07) is 4.18. The van der Waals surface area contributed by atoms with E-state index in [4.69, 9.17) is 9.26 Å². The zero-order chi connectivity index (χ0) is 13.8. The first-order chi connectivity index (χ1) is 9.13. The number of hydrogen-bond acceptors (Lipinski definition) is 6. The minimum Gasteiger partial charge on any atom is -0.494 e. The number of carbonyl (C=O) groups excluding carboxylic acids is 1. The average Bonchev–Trinajstić information content (AvgIpc) is 2.87. The predicted octanol–water partition coefficient (Wildman–Crippen LogP) is 1.60. The Morgan fingerprint density at radius 3 is 2.89 bits per heavy atom. The van der Waals surface area contributed by atoms with Gasteiger partial charge in [0.1, 0.15) is 6.42 Å². The Kier molecular flexibility index (Phi) is 3.74. The summed E-state index contributed by atoms with van der Waals surface area (Å²) in [4.78, 5) is 15.1. The third-order valence-electron chi connectivity index (χ3n) is 2.40. The molecule has 1 aromatic carbocycles. The molecule has 0 atom stereocenters. The second-order valence-electron chi connectivity index (χ2n) is 3.61. The van der Waals surface area contributed by atoms with Gasteiger partial charge in [0, 0.05) is 5.56 Å². The molecule has 1 aromatic heterocycles. The fraction of sp³-hybridized carbons (Fsp3) is 0.250. The van der Waals surface area contributed by atoms with Crippen molar-refractivity contribution >= 4 is 5.97 Å². The van der Waals surface area contributed by atoms with Crippen molar-refractivity contribution in [3.05, 3.63) is 29.9 Å². The normalized spacial score (nSPS) is 10.3. The Morgan fingerprint density at radius 1 is 1.42 bits per heavy atom. The number of hydrogen-bond donors (Lipinski definition) is 0. The lowest BCUT2D eigenvalue weighted by Gasteiger charge is -2.02. The molecule has 0 N–H and O–H groups in total. The molecule has 2 aromatic rings. The van der Waals surface area contributed by atoms with Gasteiger partial charge in [-0.25, -0.2) is 4.39 Å². The van der Waals surface area contributed by atoms with E-state index < -0.39 is 11.8 Å². The van der Waals surface area contributed by atoms with Crippen molar-refractivity contribution in [2.45, 2.75) is 6.42 Å². The molecule has 19 heavy (non-hydrogen) atoms. The molecule has 2 rings (SSSR count). The Morgan fingerprint density at radius 2 is 2.21 bits per heavy atom. The van der Waals surface area contributed by atoms with E-state index in [2.05, 4.69) is 14.9 Å². The molecule has 0 aliphatic carbocycles. The number of halogens is 1. The standard InChI is InChI=1S/C12H11FN2O4/c1-17-9-5-7(3-4-8(9)13)12-14-10(19-15-12)6-11(16)18-2/h3-5H,6H2,1-2H3. The highest BCUT2D eigenvalue weighted by Crippen LogP contribution is 2.24. The summed E-state index contributed by atoms with van der Waals surface area (Å²) in [6.45, 7) is 0. The molecule has 0 saturated carbocycles. The topological polar surface area (TPSA) is 74.5 Å². The number of ether oxygens (including phenoxy) is 2. The van der Waals surface area contributed by atoms with E-state index in [1.54, 1.807) is 0 Å². The zero-order valence-electron chi connectivity index (χ0n) is 10.3. The van der Waals surface area contributed by atoms with E-state index in [0.29, 0.717) is 5.56 Å². The maximum absolute atomic E-state index is 13.3. The second-order valence-corrected chi connectivity index (χ2v) is 3.61. The van der Waals surface area contributed by atoms with Gasteiger partial charge in [0.25, 0.3) is 0 Å². The smallest absolute Gasteiger partial charge is 0.315 e. The molecule has 0 saturated heterocycles. The van der Waals surface area contributed by atoms with Gasteiger partial charge in [-0.15, -0.1) is 0 Å². The third kappa shape index (κ3) is 2.87. The molecule has 0 radical (unpaired) electrons. The van der Waals surface area contributed by atoms with E-state index >= 15 is 0 Å². The molecule has 0 unspecified atom stereocenters. The van der Waals surface area contributed by atoms with Crippen LogP contribution in [0.25, 0.3) is 11.4 Å². The highest BCUT2D eigenvalue weighted by atomic mass is 19.1. The van der Waals surface area contributed by atoms with E-state index in [9.17, 15) is 9.18 Å². The summed E-state index contributed by atoms with van der Waals surface area (Å²) in [5.74, 6) is -0.504. The summed E-state index contributed by atoms with van der Waals surface area (Å²) in [6.07, 6.45) is -0.109. The second kappa shape index (κ2) is 5.47. The lowest BCUT2D eigenvalue weighted by Crippen LogP contribution is -2.04. The molecular formula is C12H11FN2O4. The molecule has 6 nitrogen and oxygen atoms in total. The van der Waals surface area contributed by atoms with Crippen molar-refractivity contribution in [3.63, 3.8) is 0 Å². The van der Waals surface area contributed by atoms with E-state index in [-0.39, 0.29) is 23.9 Å². The monoisotopic (exact) mass is 266 g/mol. The van der Waals surface area contributed by atoms with Gasteiger partial charge >= 0.3 is 5.97 Å². The lowest BCUT2D eigenvalue weighted by atomic mass is 10.2. The van der Waals surface area contributed by atoms with Gasteiger partial charge in [0.05, 0.1) is 14.2 Å². The zero-order valence-corrected chi connectivity index (χ0v) is 10.3. The lowest BCUT2D eigenvalue weighted by molar-refractivity contribution is -0.140. The van der Waals surface area contributed by atoms with Gasteiger partial charge in [-0.3, -0.25) is 4.79 Å². The van der Waals surface area contributed by atoms with Crippen LogP contribution >= 0.6 is 0 Å². The van der Waals surface area contributed by atoms with Crippen LogP contribution < -0.4 is 4.74 Å². The Balaban J connectivity index is 2.25. The van der Waals surface area contributed by atoms with Crippen LogP contribution in [0.4, 0.5) is 4.39 Å². The molecule has 7 heteroatoms. The summed E-state index contributed by atoms with van der Waals surface area (Å²) >= 11 is 0. The Labute approximate surface area is 108 Å². The maximum Gasteiger partial charge on any atom is 0.315 e. The fourth-order valence-electron chi connectivity index (χ4n) is 1.44. The highest BCUT2D eigenvalue weighted by Gasteiger charge is 2.14. The van der Waals surface area contributed by atoms with Gasteiger partial charge in [-0.2, -0.15) is 4.98 Å². The number of benzene rings is 1. The summed E-state index contributed by atoms with van der Waals surface area (Å²) in [7, 11) is 2.63. The minimum atomic E-state index is -0.482. The van der Waals surface area contributed by atoms with Crippen LogP contribution in [0.15, 0.2) is 22.7 Å². The quantitative estimate of drug-likeness (QED) is 0.782. The Bertz CT molecular complexity index is 597. The third-order valence-corrected chi connectivity index (χ3v) is 2.40. The van der Waals surface area contributed by atoms with Crippen molar-refractivity contribution in [1.29, 1.82) is 0 Å². The maximum atomic E-state index is 13.3. The SMILES string of the molecule is COC(=O)Cc1nc(-c2ccc(F)c(OC)c2)no1. The number of nitrogens with zero attached hydrogens (tertiary/aromatic N) is 2. The van der Waals surface area contributed by atoms with E-state index in [0.717, 1.165) is 0 Å². The predicted molar refractivity (Wildman–Crippen MR) is 62.0 cm³/mol. The number of carbonyl (C=O) groups is 1. The van der Waals surface area contributed by atoms with Crippen molar-refractivity contribution < 1.29 is 23.2 Å². The molecule has 1 heterocycles. The van der Waals surface area contributed by atoms with Crippen molar-refractivity contribution in [3.8, 4) is 17.1 Å². The van der Waals surface area contributed by atoms with Crippen molar-refractivity contribution in [2.75, 3.05) is 14.2 Å². The first-order valence-electron chi connectivity index (χ1n) is 5.37. The summed E-state index contributed by atoms with van der Waals surface area (Å²) in [5.41, 5.74) is 0.526. The van der Waals surface area contributed by atoms with Gasteiger partial charge in [0.2, 0.25) is 11.7 Å². The van der Waals surface area contributed by atoms with Crippen molar-refractivity contribution in [2.24, 2.45) is 0 Å². The van der Waals surface area contributed by atoms with Crippen LogP contribution in [0.3, 0.4) is 0 Å². The van der Waals surface area contributed by atoms with Crippen LogP contribution in [-0.4, -0.2) is 30.3 Å². The summed E-state index contributed by atoms with van der Waals surface area (Å²) < 4.78 is 27.5. The molecule has 0 spiro atoms. The first kappa shape index (κ1) is 13.0. The number of rotatable bonds is 4. The molecular weight excluding hydrogens is 255 g/mol. The average molecular weight is 266 g/mol. The first-order valence-corrected chi connectivity index (χ1v) is 5.37. The Hall–Kier alpha value is -2.44. The van der Waals surface area contributed by atoms with Crippen LogP contribution in [0, 0.1) is 5.82 Å². The molecule has 0 fully saturated rings. The van der Waals surface area contributed by atoms with E-state index in [1.807, 2.05) is 0 Å². The number of esters is 1. The van der Waals surface area contributed by atoms with Crippen LogP contribution in [0.5, 0.6) is 5.75 Å². The molecule has 0 bridgehead atoms. The largest absolute Gasteiger partial charge is 0.494 e. The number of aromatic nitrogens is 2. The van der Waals surface area contributed by atoms with Crippen molar-refractivity contribution in [1.82, 2.24) is 10.1 Å². The molecule has 100 valence electrons. The molecule has 0 aliphatic rings. The molecule has 0 aliphatic heterocycles. The van der Waals surface area contributed by atoms with Crippen LogP contribution in [-0.2, 0) is 16.0 Å². The highest BCUT2D eigenvalue weighted by molar-refractivity contribution is 5.71. The fourth-order valence-corrected chi connectivity index (χ4v) is 1.44. The molecule has 0 amide bonds. The summed E-state index contributed by atoms with van der Waals surface area (Å²) in [5, 5.41) is 3.71. The van der Waals surface area contributed by atoms with E-state index in [1.165, 1.54) is 32.4 Å². The van der Waals surface area contributed by atoms with Gasteiger partial charge < -0.3 is 14.0 Å². The van der Waals surface area contributed by atoms with Gasteiger partial charge in [0.15, 0.2) is 11.6 Å². The van der Waals surface area contributed by atoms with Crippen LogP contribution in [0.1, 0.15) is 5.89 Å². The minimum absolute atomic E-state index is 0.0804. The van der Waals surface area contributed by atoms with Crippen LogP contribution in [0.2, 0.25) is 0 Å². The number of methoxy groups -OCH3 is 2.